The summed E-state index contributed by atoms with van der Waals surface area (Å²) in [6.07, 6.45) is 1.60. The second-order valence-corrected chi connectivity index (χ2v) is 8.18. The Morgan fingerprint density at radius 1 is 1.10 bits per heavy atom. The number of methoxy groups -OCH3 is 1. The molecule has 31 heavy (non-hydrogen) atoms. The Kier molecular flexibility index (Phi) is 6.79. The van der Waals surface area contributed by atoms with Crippen molar-refractivity contribution >= 4 is 40.7 Å². The molecule has 0 spiro atoms. The van der Waals surface area contributed by atoms with E-state index in [2.05, 4.69) is 33.1 Å². The highest BCUT2D eigenvalue weighted by Gasteiger charge is 2.13. The van der Waals surface area contributed by atoms with Crippen molar-refractivity contribution < 1.29 is 19.4 Å². The van der Waals surface area contributed by atoms with Crippen molar-refractivity contribution in [2.24, 2.45) is 5.10 Å². The van der Waals surface area contributed by atoms with Gasteiger partial charge in [-0.15, -0.1) is 0 Å². The van der Waals surface area contributed by atoms with Gasteiger partial charge < -0.3 is 14.4 Å². The number of hydrazone groups is 1. The van der Waals surface area contributed by atoms with Crippen LogP contribution in [-0.2, 0) is 0 Å². The Balaban J connectivity index is 1.82. The Labute approximate surface area is 193 Å². The Morgan fingerprint density at radius 2 is 1.81 bits per heavy atom. The number of aromatic nitrogens is 1. The van der Waals surface area contributed by atoms with Gasteiger partial charge in [0.1, 0.15) is 5.75 Å². The third-order valence-electron chi connectivity index (χ3n) is 4.94. The summed E-state index contributed by atoms with van der Waals surface area (Å²) in [6, 6.07) is 12.2. The summed E-state index contributed by atoms with van der Waals surface area (Å²) in [7, 11) is 1.56. The van der Waals surface area contributed by atoms with Crippen LogP contribution in [0.1, 0.15) is 43.2 Å². The van der Waals surface area contributed by atoms with Gasteiger partial charge in [-0.25, -0.2) is 10.2 Å². The molecule has 0 aliphatic carbocycles. The highest BCUT2D eigenvalue weighted by atomic mass is 127. The van der Waals surface area contributed by atoms with Crippen molar-refractivity contribution in [2.75, 3.05) is 7.11 Å². The lowest BCUT2D eigenvalue weighted by molar-refractivity contribution is 0.0696. The number of ether oxygens (including phenoxy) is 1. The molecular formula is C23H22IN3O4. The molecule has 1 aromatic heterocycles. The number of carbonyl (C=O) groups is 2. The van der Waals surface area contributed by atoms with E-state index in [4.69, 9.17) is 4.74 Å². The second kappa shape index (κ2) is 9.34. The van der Waals surface area contributed by atoms with Crippen LogP contribution in [0.15, 0.2) is 47.6 Å². The number of amides is 1. The van der Waals surface area contributed by atoms with Gasteiger partial charge in [0.05, 0.1) is 22.5 Å². The maximum absolute atomic E-state index is 12.4. The number of benzene rings is 2. The van der Waals surface area contributed by atoms with Crippen molar-refractivity contribution in [1.29, 1.82) is 0 Å². The van der Waals surface area contributed by atoms with E-state index in [1.807, 2.05) is 37.5 Å². The summed E-state index contributed by atoms with van der Waals surface area (Å²) in [4.78, 5) is 23.6. The number of nitrogens with zero attached hydrogens (tertiary/aromatic N) is 2. The SMILES string of the molecule is COc1cc(C(=O)N/N=C\c2cc(C)n(-c3ccc(C(=O)O)cc3C)c2C)ccc1I. The van der Waals surface area contributed by atoms with E-state index >= 15 is 0 Å². The minimum Gasteiger partial charge on any atom is -0.496 e. The Morgan fingerprint density at radius 3 is 2.45 bits per heavy atom. The van der Waals surface area contributed by atoms with Gasteiger partial charge in [-0.1, -0.05) is 0 Å². The minimum absolute atomic E-state index is 0.250. The van der Waals surface area contributed by atoms with Crippen LogP contribution >= 0.6 is 22.6 Å². The summed E-state index contributed by atoms with van der Waals surface area (Å²) in [5, 5.41) is 13.3. The van der Waals surface area contributed by atoms with Crippen LogP contribution in [0.4, 0.5) is 0 Å². The first-order valence-electron chi connectivity index (χ1n) is 9.43. The fraction of sp³-hybridized carbons (Fsp3) is 0.174. The molecule has 0 saturated heterocycles. The van der Waals surface area contributed by atoms with Crippen LogP contribution in [0.5, 0.6) is 5.75 Å². The lowest BCUT2D eigenvalue weighted by atomic mass is 10.1. The first-order valence-corrected chi connectivity index (χ1v) is 10.5. The summed E-state index contributed by atoms with van der Waals surface area (Å²) in [6.45, 7) is 5.79. The zero-order valence-electron chi connectivity index (χ0n) is 17.6. The average molecular weight is 531 g/mol. The van der Waals surface area contributed by atoms with E-state index in [9.17, 15) is 14.7 Å². The van der Waals surface area contributed by atoms with Crippen LogP contribution in [0.25, 0.3) is 5.69 Å². The molecule has 0 saturated carbocycles. The summed E-state index contributed by atoms with van der Waals surface area (Å²) < 4.78 is 8.20. The zero-order valence-corrected chi connectivity index (χ0v) is 19.7. The largest absolute Gasteiger partial charge is 0.496 e. The fourth-order valence-electron chi connectivity index (χ4n) is 3.35. The van der Waals surface area contributed by atoms with Crippen molar-refractivity contribution in [3.63, 3.8) is 0 Å². The van der Waals surface area contributed by atoms with Crippen molar-refractivity contribution in [3.05, 3.63) is 79.7 Å². The van der Waals surface area contributed by atoms with Crippen LogP contribution in [0.3, 0.4) is 0 Å². The van der Waals surface area contributed by atoms with Gasteiger partial charge in [0.2, 0.25) is 0 Å². The van der Waals surface area contributed by atoms with Crippen LogP contribution in [0.2, 0.25) is 0 Å². The molecule has 2 N–H and O–H groups in total. The molecule has 3 aromatic rings. The predicted molar refractivity (Wildman–Crippen MR) is 128 cm³/mol. The second-order valence-electron chi connectivity index (χ2n) is 7.02. The van der Waals surface area contributed by atoms with Crippen molar-refractivity contribution in [3.8, 4) is 11.4 Å². The number of carboxylic acid groups (broad SMARTS) is 1. The van der Waals surface area contributed by atoms with Crippen molar-refractivity contribution in [1.82, 2.24) is 9.99 Å². The number of hydrogen-bond donors (Lipinski definition) is 2. The number of carbonyl (C=O) groups excluding carboxylic acids is 1. The molecule has 2 aromatic carbocycles. The smallest absolute Gasteiger partial charge is 0.335 e. The zero-order chi connectivity index (χ0) is 22.7. The molecule has 0 atom stereocenters. The molecule has 1 heterocycles. The maximum Gasteiger partial charge on any atom is 0.335 e. The number of rotatable bonds is 6. The van der Waals surface area contributed by atoms with Crippen LogP contribution in [0, 0.1) is 24.3 Å². The summed E-state index contributed by atoms with van der Waals surface area (Å²) >= 11 is 2.14. The van der Waals surface area contributed by atoms with Gasteiger partial charge in [0, 0.05) is 28.2 Å². The molecule has 0 aliphatic rings. The quantitative estimate of drug-likeness (QED) is 0.279. The van der Waals surface area contributed by atoms with E-state index in [1.54, 1.807) is 43.7 Å². The van der Waals surface area contributed by atoms with Crippen LogP contribution in [-0.4, -0.2) is 34.9 Å². The molecule has 0 radical (unpaired) electrons. The molecule has 0 aliphatic heterocycles. The highest BCUT2D eigenvalue weighted by molar-refractivity contribution is 14.1. The first-order chi connectivity index (χ1) is 14.7. The number of aromatic carboxylic acids is 1. The number of nitrogens with one attached hydrogen (secondary N) is 1. The number of aryl methyl sites for hydroxylation is 2. The molecule has 0 bridgehead atoms. The van der Waals surface area contributed by atoms with Gasteiger partial charge in [-0.2, -0.15) is 5.10 Å². The van der Waals surface area contributed by atoms with E-state index in [0.717, 1.165) is 31.8 Å². The standard InChI is InChI=1S/C23H22IN3O4/c1-13-9-17(23(29)30)6-8-20(13)27-14(2)10-18(15(27)3)12-25-26-22(28)16-5-7-19(24)21(11-16)31-4/h5-12H,1-4H3,(H,26,28)(H,29,30)/b25-12-. The molecule has 8 heteroatoms. The molecule has 160 valence electrons. The van der Waals surface area contributed by atoms with E-state index in [-0.39, 0.29) is 11.5 Å². The Bertz CT molecular complexity index is 1200. The topological polar surface area (TPSA) is 92.9 Å². The number of carboxylic acids is 1. The van der Waals surface area contributed by atoms with Gasteiger partial charge in [0.25, 0.3) is 5.91 Å². The Hall–Kier alpha value is -3.14. The third kappa shape index (κ3) is 4.79. The van der Waals surface area contributed by atoms with Crippen molar-refractivity contribution in [2.45, 2.75) is 20.8 Å². The van der Waals surface area contributed by atoms with Crippen LogP contribution < -0.4 is 10.2 Å². The fourth-order valence-corrected chi connectivity index (χ4v) is 3.91. The molecule has 0 fully saturated rings. The van der Waals surface area contributed by atoms with Gasteiger partial charge >= 0.3 is 5.97 Å². The van der Waals surface area contributed by atoms with E-state index in [0.29, 0.717) is 11.3 Å². The average Bonchev–Trinajstić information content (AvgIpc) is 3.01. The normalized spacial score (nSPS) is 11.0. The molecular weight excluding hydrogens is 509 g/mol. The van der Waals surface area contributed by atoms with E-state index < -0.39 is 5.97 Å². The van der Waals surface area contributed by atoms with Gasteiger partial charge in [0.15, 0.2) is 0 Å². The molecule has 0 unspecified atom stereocenters. The molecule has 3 rings (SSSR count). The van der Waals surface area contributed by atoms with Gasteiger partial charge in [-0.05, 0) is 91.4 Å². The minimum atomic E-state index is -0.954. The summed E-state index contributed by atoms with van der Waals surface area (Å²) in [5.41, 5.74) is 7.74. The lowest BCUT2D eigenvalue weighted by Crippen LogP contribution is -2.17. The molecule has 7 nitrogen and oxygen atoms in total. The lowest BCUT2D eigenvalue weighted by Gasteiger charge is -2.13. The maximum atomic E-state index is 12.4. The van der Waals surface area contributed by atoms with Gasteiger partial charge in [-0.3, -0.25) is 4.79 Å². The molecule has 1 amide bonds. The first kappa shape index (κ1) is 22.5. The summed E-state index contributed by atoms with van der Waals surface area (Å²) in [5.74, 6) is -0.658. The highest BCUT2D eigenvalue weighted by Crippen LogP contribution is 2.24. The third-order valence-corrected chi connectivity index (χ3v) is 5.83. The number of halogens is 1. The monoisotopic (exact) mass is 531 g/mol. The number of hydrogen-bond acceptors (Lipinski definition) is 4. The van der Waals surface area contributed by atoms with E-state index in [1.165, 1.54) is 0 Å². The predicted octanol–water partition coefficient (Wildman–Crippen LogP) is 4.48.